The van der Waals surface area contributed by atoms with Crippen LogP contribution in [-0.2, 0) is 18.4 Å². The van der Waals surface area contributed by atoms with Gasteiger partial charge in [0.2, 0.25) is 0 Å². The Morgan fingerprint density at radius 3 is 2.82 bits per heavy atom. The highest BCUT2D eigenvalue weighted by atomic mass is 16.4. The summed E-state index contributed by atoms with van der Waals surface area (Å²) in [4.78, 5) is 10.7. The second-order valence-electron chi connectivity index (χ2n) is 3.93. The third kappa shape index (κ3) is 4.03. The van der Waals surface area contributed by atoms with E-state index in [2.05, 4.69) is 10.4 Å². The van der Waals surface area contributed by atoms with Crippen LogP contribution in [0.5, 0.6) is 0 Å². The fourth-order valence-corrected chi connectivity index (χ4v) is 1.61. The second kappa shape index (κ2) is 6.20. The van der Waals surface area contributed by atoms with E-state index in [4.69, 9.17) is 5.11 Å². The molecule has 1 aromatic heterocycles. The van der Waals surface area contributed by atoms with Gasteiger partial charge in [-0.25, -0.2) is 4.79 Å². The van der Waals surface area contributed by atoms with Gasteiger partial charge >= 0.3 is 5.97 Å². The van der Waals surface area contributed by atoms with Gasteiger partial charge in [-0.1, -0.05) is 13.0 Å². The van der Waals surface area contributed by atoms with E-state index < -0.39 is 5.97 Å². The zero-order chi connectivity index (χ0) is 12.8. The van der Waals surface area contributed by atoms with Crippen molar-refractivity contribution in [3.8, 4) is 0 Å². The Labute approximate surface area is 101 Å². The van der Waals surface area contributed by atoms with Gasteiger partial charge in [0.1, 0.15) is 0 Å². The zero-order valence-electron chi connectivity index (χ0n) is 10.5. The van der Waals surface area contributed by atoms with Gasteiger partial charge in [0.05, 0.1) is 5.69 Å². The summed E-state index contributed by atoms with van der Waals surface area (Å²) in [6, 6.07) is 0. The smallest absolute Gasteiger partial charge is 0.331 e. The number of carboxylic acids is 1. The molecule has 0 saturated carbocycles. The lowest BCUT2D eigenvalue weighted by Gasteiger charge is -2.01. The second-order valence-corrected chi connectivity index (χ2v) is 3.93. The van der Waals surface area contributed by atoms with Crippen molar-refractivity contribution in [2.24, 2.45) is 7.05 Å². The minimum absolute atomic E-state index is 0.445. The number of hydrogen-bond donors (Lipinski definition) is 2. The Hall–Kier alpha value is -1.62. The molecule has 0 unspecified atom stereocenters. The van der Waals surface area contributed by atoms with Gasteiger partial charge in [-0.3, -0.25) is 4.68 Å². The fourth-order valence-electron chi connectivity index (χ4n) is 1.61. The molecule has 2 N–H and O–H groups in total. The van der Waals surface area contributed by atoms with Crippen LogP contribution in [0.15, 0.2) is 17.8 Å². The van der Waals surface area contributed by atoms with Crippen molar-refractivity contribution in [1.82, 2.24) is 15.1 Å². The van der Waals surface area contributed by atoms with E-state index in [0.717, 1.165) is 11.3 Å². The first-order chi connectivity index (χ1) is 8.04. The molecule has 0 amide bonds. The number of hydrogen-bond acceptors (Lipinski definition) is 3. The standard InChI is InChI=1S/C12H19N3O2/c1-4-10(12(16)17)5-6-13-7-11-8-15(3)14-9(11)2/h5,8,13H,4,6-7H2,1-3H3,(H,16,17). The number of nitrogens with zero attached hydrogens (tertiary/aromatic N) is 2. The molecular weight excluding hydrogens is 218 g/mol. The molecular formula is C12H19N3O2. The first-order valence-electron chi connectivity index (χ1n) is 5.66. The molecule has 17 heavy (non-hydrogen) atoms. The van der Waals surface area contributed by atoms with Crippen LogP contribution in [0.4, 0.5) is 0 Å². The maximum absolute atomic E-state index is 10.7. The fraction of sp³-hybridized carbons (Fsp3) is 0.500. The van der Waals surface area contributed by atoms with Crippen molar-refractivity contribution in [1.29, 1.82) is 0 Å². The van der Waals surface area contributed by atoms with E-state index in [1.165, 1.54) is 0 Å². The molecule has 1 heterocycles. The summed E-state index contributed by atoms with van der Waals surface area (Å²) in [6.07, 6.45) is 4.22. The van der Waals surface area contributed by atoms with Crippen LogP contribution >= 0.6 is 0 Å². The maximum Gasteiger partial charge on any atom is 0.331 e. The SMILES string of the molecule is CCC(=CCNCc1cn(C)nc1C)C(=O)O. The van der Waals surface area contributed by atoms with Crippen LogP contribution < -0.4 is 5.32 Å². The highest BCUT2D eigenvalue weighted by Crippen LogP contribution is 2.04. The van der Waals surface area contributed by atoms with Crippen molar-refractivity contribution >= 4 is 5.97 Å². The zero-order valence-corrected chi connectivity index (χ0v) is 10.5. The van der Waals surface area contributed by atoms with Gasteiger partial charge in [0.25, 0.3) is 0 Å². The molecule has 0 fully saturated rings. The molecule has 5 nitrogen and oxygen atoms in total. The molecule has 0 aromatic carbocycles. The number of aromatic nitrogens is 2. The van der Waals surface area contributed by atoms with Crippen molar-refractivity contribution in [3.63, 3.8) is 0 Å². The molecule has 0 aliphatic carbocycles. The van der Waals surface area contributed by atoms with Crippen LogP contribution in [0, 0.1) is 6.92 Å². The van der Waals surface area contributed by atoms with Gasteiger partial charge in [-0.2, -0.15) is 5.10 Å². The Morgan fingerprint density at radius 2 is 2.35 bits per heavy atom. The van der Waals surface area contributed by atoms with Gasteiger partial charge in [0.15, 0.2) is 0 Å². The van der Waals surface area contributed by atoms with Gasteiger partial charge in [-0.15, -0.1) is 0 Å². The Morgan fingerprint density at radius 1 is 1.65 bits per heavy atom. The third-order valence-electron chi connectivity index (χ3n) is 2.58. The quantitative estimate of drug-likeness (QED) is 0.577. The normalized spacial score (nSPS) is 11.8. The van der Waals surface area contributed by atoms with Crippen LogP contribution in [0.3, 0.4) is 0 Å². The number of carboxylic acid groups (broad SMARTS) is 1. The minimum atomic E-state index is -0.841. The molecule has 0 atom stereocenters. The molecule has 0 radical (unpaired) electrons. The molecule has 1 rings (SSSR count). The van der Waals surface area contributed by atoms with Gasteiger partial charge in [-0.05, 0) is 13.3 Å². The lowest BCUT2D eigenvalue weighted by atomic mass is 10.2. The summed E-state index contributed by atoms with van der Waals surface area (Å²) in [5.41, 5.74) is 2.58. The predicted molar refractivity (Wildman–Crippen MR) is 65.7 cm³/mol. The Bertz CT molecular complexity index is 421. The monoisotopic (exact) mass is 237 g/mol. The number of carbonyl (C=O) groups is 1. The topological polar surface area (TPSA) is 67.2 Å². The number of aliphatic carboxylic acids is 1. The average molecular weight is 237 g/mol. The lowest BCUT2D eigenvalue weighted by molar-refractivity contribution is -0.132. The highest BCUT2D eigenvalue weighted by Gasteiger charge is 2.04. The number of nitrogens with one attached hydrogen (secondary N) is 1. The summed E-state index contributed by atoms with van der Waals surface area (Å²) in [6.45, 7) is 5.06. The Balaban J connectivity index is 2.43. The molecule has 94 valence electrons. The average Bonchev–Trinajstić information content (AvgIpc) is 2.57. The van der Waals surface area contributed by atoms with Crippen molar-refractivity contribution in [2.75, 3.05) is 6.54 Å². The van der Waals surface area contributed by atoms with Gasteiger partial charge < -0.3 is 10.4 Å². The summed E-state index contributed by atoms with van der Waals surface area (Å²) < 4.78 is 1.77. The molecule has 0 spiro atoms. The van der Waals surface area contributed by atoms with E-state index in [-0.39, 0.29) is 0 Å². The first-order valence-corrected chi connectivity index (χ1v) is 5.66. The minimum Gasteiger partial charge on any atom is -0.478 e. The molecule has 0 bridgehead atoms. The maximum atomic E-state index is 10.7. The van der Waals surface area contributed by atoms with E-state index >= 15 is 0 Å². The van der Waals surface area contributed by atoms with Crippen molar-refractivity contribution in [2.45, 2.75) is 26.8 Å². The van der Waals surface area contributed by atoms with Crippen LogP contribution in [0.1, 0.15) is 24.6 Å². The molecule has 1 aromatic rings. The lowest BCUT2D eigenvalue weighted by Crippen LogP contribution is -2.14. The summed E-state index contributed by atoms with van der Waals surface area (Å²) >= 11 is 0. The van der Waals surface area contributed by atoms with E-state index in [9.17, 15) is 4.79 Å². The largest absolute Gasteiger partial charge is 0.478 e. The number of aryl methyl sites for hydroxylation is 2. The predicted octanol–water partition coefficient (Wildman–Crippen LogP) is 1.24. The van der Waals surface area contributed by atoms with E-state index in [1.54, 1.807) is 10.8 Å². The summed E-state index contributed by atoms with van der Waals surface area (Å²) in [7, 11) is 1.88. The summed E-state index contributed by atoms with van der Waals surface area (Å²) in [5, 5.41) is 16.2. The van der Waals surface area contributed by atoms with Crippen LogP contribution in [0.2, 0.25) is 0 Å². The molecule has 0 saturated heterocycles. The van der Waals surface area contributed by atoms with Crippen LogP contribution in [-0.4, -0.2) is 27.4 Å². The van der Waals surface area contributed by atoms with Gasteiger partial charge in [0, 0.05) is 37.5 Å². The Kier molecular flexibility index (Phi) is 4.90. The first kappa shape index (κ1) is 13.4. The summed E-state index contributed by atoms with van der Waals surface area (Å²) in [5.74, 6) is -0.841. The van der Waals surface area contributed by atoms with E-state index in [0.29, 0.717) is 25.1 Å². The van der Waals surface area contributed by atoms with Crippen molar-refractivity contribution in [3.05, 3.63) is 29.1 Å². The molecule has 0 aliphatic rings. The third-order valence-corrected chi connectivity index (χ3v) is 2.58. The van der Waals surface area contributed by atoms with E-state index in [1.807, 2.05) is 27.1 Å². The highest BCUT2D eigenvalue weighted by molar-refractivity contribution is 5.86. The molecule has 5 heteroatoms. The van der Waals surface area contributed by atoms with Crippen molar-refractivity contribution < 1.29 is 9.90 Å². The molecule has 0 aliphatic heterocycles. The van der Waals surface area contributed by atoms with Crippen LogP contribution in [0.25, 0.3) is 0 Å². The number of rotatable bonds is 6.